The highest BCUT2D eigenvalue weighted by Crippen LogP contribution is 2.18. The molecule has 0 radical (unpaired) electrons. The summed E-state index contributed by atoms with van der Waals surface area (Å²) in [6.45, 7) is 4.93. The second-order valence-electron chi connectivity index (χ2n) is 4.26. The average molecular weight is 266 g/mol. The standard InChI is InChI=1S/C13H18N2O4/c1-9(2)19-13(17)15(4)12-11(6-5-7-14-12)8-18-10(3)16/h5-7,9H,8H2,1-4H3. The first kappa shape index (κ1) is 14.9. The third-order valence-electron chi connectivity index (χ3n) is 2.23. The van der Waals surface area contributed by atoms with Crippen molar-refractivity contribution in [3.63, 3.8) is 0 Å². The quantitative estimate of drug-likeness (QED) is 0.781. The van der Waals surface area contributed by atoms with Gasteiger partial charge in [-0.1, -0.05) is 6.07 Å². The van der Waals surface area contributed by atoms with Crippen LogP contribution >= 0.6 is 0 Å². The molecule has 0 aromatic carbocycles. The highest BCUT2D eigenvalue weighted by molar-refractivity contribution is 5.86. The molecule has 0 aliphatic rings. The molecule has 0 saturated carbocycles. The first-order valence-corrected chi connectivity index (χ1v) is 5.93. The van der Waals surface area contributed by atoms with E-state index in [0.29, 0.717) is 11.4 Å². The predicted octanol–water partition coefficient (Wildman–Crippen LogP) is 2.13. The molecule has 0 N–H and O–H groups in total. The third kappa shape index (κ3) is 4.57. The maximum atomic E-state index is 11.8. The fraction of sp³-hybridized carbons (Fsp3) is 0.462. The normalized spacial score (nSPS) is 10.2. The first-order valence-electron chi connectivity index (χ1n) is 5.93. The number of rotatable bonds is 4. The summed E-state index contributed by atoms with van der Waals surface area (Å²) in [6, 6.07) is 3.45. The molecule has 104 valence electrons. The van der Waals surface area contributed by atoms with Crippen LogP contribution in [0.3, 0.4) is 0 Å². The van der Waals surface area contributed by atoms with Crippen molar-refractivity contribution in [2.75, 3.05) is 11.9 Å². The average Bonchev–Trinajstić information content (AvgIpc) is 2.35. The van der Waals surface area contributed by atoms with Crippen LogP contribution in [0.5, 0.6) is 0 Å². The lowest BCUT2D eigenvalue weighted by Crippen LogP contribution is -2.30. The van der Waals surface area contributed by atoms with Crippen molar-refractivity contribution in [2.45, 2.75) is 33.5 Å². The van der Waals surface area contributed by atoms with Gasteiger partial charge in [-0.15, -0.1) is 0 Å². The van der Waals surface area contributed by atoms with Crippen molar-refractivity contribution >= 4 is 17.9 Å². The zero-order valence-electron chi connectivity index (χ0n) is 11.5. The van der Waals surface area contributed by atoms with Crippen LogP contribution in [0.15, 0.2) is 18.3 Å². The molecule has 1 aromatic rings. The van der Waals surface area contributed by atoms with Crippen molar-refractivity contribution in [3.05, 3.63) is 23.9 Å². The molecule has 0 unspecified atom stereocenters. The largest absolute Gasteiger partial charge is 0.461 e. The van der Waals surface area contributed by atoms with E-state index in [9.17, 15) is 9.59 Å². The molecule has 1 rings (SSSR count). The monoisotopic (exact) mass is 266 g/mol. The molecule has 1 aromatic heterocycles. The van der Waals surface area contributed by atoms with Crippen molar-refractivity contribution in [1.82, 2.24) is 4.98 Å². The number of esters is 1. The number of aromatic nitrogens is 1. The fourth-order valence-corrected chi connectivity index (χ4v) is 1.39. The lowest BCUT2D eigenvalue weighted by Gasteiger charge is -2.20. The van der Waals surface area contributed by atoms with Gasteiger partial charge in [0.15, 0.2) is 0 Å². The van der Waals surface area contributed by atoms with Crippen LogP contribution in [0.2, 0.25) is 0 Å². The summed E-state index contributed by atoms with van der Waals surface area (Å²) < 4.78 is 10.0. The van der Waals surface area contributed by atoms with Crippen molar-refractivity contribution in [1.29, 1.82) is 0 Å². The molecule has 1 amide bonds. The van der Waals surface area contributed by atoms with E-state index in [2.05, 4.69) is 4.98 Å². The Morgan fingerprint density at radius 2 is 2.11 bits per heavy atom. The molecule has 0 bridgehead atoms. The molecule has 0 saturated heterocycles. The Bertz CT molecular complexity index is 460. The van der Waals surface area contributed by atoms with Crippen LogP contribution in [0, 0.1) is 0 Å². The maximum Gasteiger partial charge on any atom is 0.415 e. The highest BCUT2D eigenvalue weighted by atomic mass is 16.6. The minimum absolute atomic E-state index is 0.0673. The van der Waals surface area contributed by atoms with Crippen molar-refractivity contribution < 1.29 is 19.1 Å². The van der Waals surface area contributed by atoms with E-state index < -0.39 is 6.09 Å². The predicted molar refractivity (Wildman–Crippen MR) is 69.7 cm³/mol. The van der Waals surface area contributed by atoms with Gasteiger partial charge in [-0.05, 0) is 19.9 Å². The Labute approximate surface area is 112 Å². The molecule has 0 spiro atoms. The van der Waals surface area contributed by atoms with E-state index in [4.69, 9.17) is 9.47 Å². The molecular formula is C13H18N2O4. The minimum atomic E-state index is -0.502. The topological polar surface area (TPSA) is 68.7 Å². The number of hydrogen-bond donors (Lipinski definition) is 0. The summed E-state index contributed by atoms with van der Waals surface area (Å²) >= 11 is 0. The molecular weight excluding hydrogens is 248 g/mol. The van der Waals surface area contributed by atoms with Crippen LogP contribution in [-0.2, 0) is 20.9 Å². The van der Waals surface area contributed by atoms with Crippen LogP contribution < -0.4 is 4.90 Å². The van der Waals surface area contributed by atoms with E-state index in [1.807, 2.05) is 0 Å². The molecule has 0 atom stereocenters. The van der Waals surface area contributed by atoms with Crippen LogP contribution in [0.1, 0.15) is 26.3 Å². The van der Waals surface area contributed by atoms with Crippen molar-refractivity contribution in [2.24, 2.45) is 0 Å². The summed E-state index contributed by atoms with van der Waals surface area (Å²) in [7, 11) is 1.56. The lowest BCUT2D eigenvalue weighted by atomic mass is 10.2. The highest BCUT2D eigenvalue weighted by Gasteiger charge is 2.18. The summed E-state index contributed by atoms with van der Waals surface area (Å²) in [5.74, 6) is 0.0246. The van der Waals surface area contributed by atoms with Gasteiger partial charge in [0.1, 0.15) is 12.4 Å². The van der Waals surface area contributed by atoms with Gasteiger partial charge in [-0.2, -0.15) is 0 Å². The molecule has 19 heavy (non-hydrogen) atoms. The van der Waals surface area contributed by atoms with E-state index in [0.717, 1.165) is 0 Å². The Kier molecular flexibility index (Phi) is 5.29. The van der Waals surface area contributed by atoms with E-state index in [1.54, 1.807) is 39.2 Å². The minimum Gasteiger partial charge on any atom is -0.461 e. The number of hydrogen-bond acceptors (Lipinski definition) is 5. The van der Waals surface area contributed by atoms with Gasteiger partial charge in [0, 0.05) is 25.7 Å². The number of ether oxygens (including phenoxy) is 2. The lowest BCUT2D eigenvalue weighted by molar-refractivity contribution is -0.142. The van der Waals surface area contributed by atoms with Gasteiger partial charge in [-0.25, -0.2) is 9.78 Å². The zero-order chi connectivity index (χ0) is 14.4. The molecule has 0 aliphatic carbocycles. The smallest absolute Gasteiger partial charge is 0.415 e. The van der Waals surface area contributed by atoms with Crippen LogP contribution in [-0.4, -0.2) is 30.2 Å². The van der Waals surface area contributed by atoms with Crippen LogP contribution in [0.25, 0.3) is 0 Å². The van der Waals surface area contributed by atoms with Crippen molar-refractivity contribution in [3.8, 4) is 0 Å². The number of pyridine rings is 1. The van der Waals surface area contributed by atoms with Gasteiger partial charge >= 0.3 is 12.1 Å². The van der Waals surface area contributed by atoms with Gasteiger partial charge in [0.2, 0.25) is 0 Å². The van der Waals surface area contributed by atoms with E-state index in [1.165, 1.54) is 11.8 Å². The summed E-state index contributed by atoms with van der Waals surface area (Å²) in [5, 5.41) is 0. The summed E-state index contributed by atoms with van der Waals surface area (Å²) in [5.41, 5.74) is 0.640. The summed E-state index contributed by atoms with van der Waals surface area (Å²) in [4.78, 5) is 28.0. The van der Waals surface area contributed by atoms with Gasteiger partial charge in [0.05, 0.1) is 6.10 Å². The molecule has 6 heteroatoms. The number of carbonyl (C=O) groups excluding carboxylic acids is 2. The Balaban J connectivity index is 2.86. The number of nitrogens with zero attached hydrogens (tertiary/aromatic N) is 2. The number of anilines is 1. The van der Waals surface area contributed by atoms with Gasteiger partial charge in [0.25, 0.3) is 0 Å². The maximum absolute atomic E-state index is 11.8. The molecule has 1 heterocycles. The molecule has 6 nitrogen and oxygen atoms in total. The number of amides is 1. The Morgan fingerprint density at radius 3 is 2.68 bits per heavy atom. The molecule has 0 fully saturated rings. The third-order valence-corrected chi connectivity index (χ3v) is 2.23. The molecule has 0 aliphatic heterocycles. The van der Waals surface area contributed by atoms with E-state index >= 15 is 0 Å². The van der Waals surface area contributed by atoms with Crippen LogP contribution in [0.4, 0.5) is 10.6 Å². The van der Waals surface area contributed by atoms with Gasteiger partial charge < -0.3 is 9.47 Å². The van der Waals surface area contributed by atoms with Gasteiger partial charge in [-0.3, -0.25) is 9.69 Å². The van der Waals surface area contributed by atoms with E-state index in [-0.39, 0.29) is 18.7 Å². The second kappa shape index (κ2) is 6.72. The number of carbonyl (C=O) groups is 2. The summed E-state index contributed by atoms with van der Waals surface area (Å²) in [6.07, 6.45) is 0.847. The fourth-order valence-electron chi connectivity index (χ4n) is 1.39. The second-order valence-corrected chi connectivity index (χ2v) is 4.26. The first-order chi connectivity index (χ1) is 8.91. The Hall–Kier alpha value is -2.11. The Morgan fingerprint density at radius 1 is 1.42 bits per heavy atom. The zero-order valence-corrected chi connectivity index (χ0v) is 11.5. The SMILES string of the molecule is CC(=O)OCc1cccnc1N(C)C(=O)OC(C)C.